The first-order chi connectivity index (χ1) is 13.0. The third-order valence-corrected chi connectivity index (χ3v) is 5.21. The molecule has 1 aliphatic rings. The molecule has 2 aromatic rings. The van der Waals surface area contributed by atoms with Gasteiger partial charge >= 0.3 is 0 Å². The van der Waals surface area contributed by atoms with Gasteiger partial charge in [-0.25, -0.2) is 0 Å². The van der Waals surface area contributed by atoms with Gasteiger partial charge in [0.1, 0.15) is 11.7 Å². The van der Waals surface area contributed by atoms with Gasteiger partial charge in [-0.05, 0) is 67.6 Å². The largest absolute Gasteiger partial charge is 0.298 e. The first-order valence-corrected chi connectivity index (χ1v) is 9.04. The van der Waals surface area contributed by atoms with Crippen LogP contribution in [0.4, 0.5) is 0 Å². The van der Waals surface area contributed by atoms with Crippen LogP contribution in [0, 0.1) is 42.9 Å². The summed E-state index contributed by atoms with van der Waals surface area (Å²) < 4.78 is 0. The predicted molar refractivity (Wildman–Crippen MR) is 104 cm³/mol. The lowest BCUT2D eigenvalue weighted by Gasteiger charge is -2.16. The van der Waals surface area contributed by atoms with Crippen molar-refractivity contribution in [1.82, 2.24) is 0 Å². The summed E-state index contributed by atoms with van der Waals surface area (Å²) in [5.41, 5.74) is 4.97. The van der Waals surface area contributed by atoms with Gasteiger partial charge in [0.2, 0.25) is 0 Å². The molecule has 2 atom stereocenters. The number of Topliss-reactive ketones (excluding diaryl/α,β-unsaturated/α-hetero) is 2. The lowest BCUT2D eigenvalue weighted by Crippen LogP contribution is -2.19. The Kier molecular flexibility index (Phi) is 5.24. The highest BCUT2D eigenvalue weighted by Gasteiger charge is 2.43. The van der Waals surface area contributed by atoms with E-state index in [4.69, 9.17) is 0 Å². The van der Waals surface area contributed by atoms with Gasteiger partial charge in [0, 0.05) is 17.9 Å². The van der Waals surface area contributed by atoms with Crippen LogP contribution in [0.5, 0.6) is 0 Å². The van der Waals surface area contributed by atoms with E-state index in [0.717, 1.165) is 27.8 Å². The molecule has 1 fully saturated rings. The summed E-state index contributed by atoms with van der Waals surface area (Å²) in [6.07, 6.45) is 0.668. The van der Waals surface area contributed by atoms with Crippen molar-refractivity contribution in [3.8, 4) is 17.9 Å². The number of nitrogens with zero attached hydrogens (tertiary/aromatic N) is 1. The molecule has 2 aromatic carbocycles. The van der Waals surface area contributed by atoms with Gasteiger partial charge in [-0.15, -0.1) is 5.92 Å². The molecule has 3 nitrogen and oxygen atoms in total. The highest BCUT2D eigenvalue weighted by Crippen LogP contribution is 2.37. The van der Waals surface area contributed by atoms with Crippen molar-refractivity contribution in [2.75, 3.05) is 0 Å². The van der Waals surface area contributed by atoms with E-state index in [2.05, 4.69) is 17.9 Å². The van der Waals surface area contributed by atoms with Crippen LogP contribution in [0.25, 0.3) is 0 Å². The van der Waals surface area contributed by atoms with E-state index >= 15 is 0 Å². The van der Waals surface area contributed by atoms with E-state index in [-0.39, 0.29) is 23.9 Å². The van der Waals surface area contributed by atoms with Crippen LogP contribution in [-0.4, -0.2) is 11.6 Å². The predicted octanol–water partition coefficient (Wildman–Crippen LogP) is 4.03. The summed E-state index contributed by atoms with van der Waals surface area (Å²) in [7, 11) is 0. The number of carbonyl (C=O) groups excluding carboxylic acids is 2. The van der Waals surface area contributed by atoms with Crippen molar-refractivity contribution in [2.24, 2.45) is 5.92 Å². The third-order valence-electron chi connectivity index (χ3n) is 5.21. The fourth-order valence-electron chi connectivity index (χ4n) is 4.05. The minimum absolute atomic E-state index is 0.0278. The Hall–Kier alpha value is -3.17. The highest BCUT2D eigenvalue weighted by atomic mass is 16.2. The molecule has 2 unspecified atom stereocenters. The Morgan fingerprint density at radius 2 is 1.78 bits per heavy atom. The second-order valence-electron chi connectivity index (χ2n) is 7.07. The maximum atomic E-state index is 13.1. The molecule has 0 saturated heterocycles. The molecular weight excluding hydrogens is 334 g/mol. The summed E-state index contributed by atoms with van der Waals surface area (Å²) in [4.78, 5) is 25.8. The number of benzene rings is 2. The summed E-state index contributed by atoms with van der Waals surface area (Å²) in [5.74, 6) is 4.78. The number of hydrogen-bond donors (Lipinski definition) is 0. The van der Waals surface area contributed by atoms with Gasteiger partial charge in [-0.2, -0.15) is 5.26 Å². The Bertz CT molecular complexity index is 1010. The zero-order valence-corrected chi connectivity index (χ0v) is 15.8. The second-order valence-corrected chi connectivity index (χ2v) is 7.07. The fourth-order valence-corrected chi connectivity index (χ4v) is 4.05. The fraction of sp³-hybridized carbons (Fsp3) is 0.292. The maximum Gasteiger partial charge on any atom is 0.151 e. The van der Waals surface area contributed by atoms with E-state index in [9.17, 15) is 14.9 Å². The molecule has 27 heavy (non-hydrogen) atoms. The third kappa shape index (κ3) is 3.55. The summed E-state index contributed by atoms with van der Waals surface area (Å²) >= 11 is 0. The lowest BCUT2D eigenvalue weighted by atomic mass is 9.85. The summed E-state index contributed by atoms with van der Waals surface area (Å²) in [6, 6.07) is 13.3. The maximum absolute atomic E-state index is 13.1. The zero-order chi connectivity index (χ0) is 19.6. The van der Waals surface area contributed by atoms with Crippen molar-refractivity contribution in [3.05, 3.63) is 69.8 Å². The molecule has 3 heteroatoms. The Morgan fingerprint density at radius 1 is 1.11 bits per heavy atom. The number of ketones is 2. The van der Waals surface area contributed by atoms with Gasteiger partial charge in [-0.1, -0.05) is 24.1 Å². The second kappa shape index (κ2) is 7.60. The monoisotopic (exact) mass is 355 g/mol. The lowest BCUT2D eigenvalue weighted by molar-refractivity contribution is -0.124. The van der Waals surface area contributed by atoms with E-state index in [0.29, 0.717) is 12.0 Å². The Morgan fingerprint density at radius 3 is 2.41 bits per heavy atom. The topological polar surface area (TPSA) is 57.9 Å². The molecule has 0 radical (unpaired) electrons. The average molecular weight is 355 g/mol. The van der Waals surface area contributed by atoms with Crippen LogP contribution in [0.15, 0.2) is 36.4 Å². The van der Waals surface area contributed by atoms with Gasteiger partial charge in [0.15, 0.2) is 5.78 Å². The van der Waals surface area contributed by atoms with Gasteiger partial charge in [0.05, 0.1) is 11.6 Å². The minimum atomic E-state index is -0.701. The van der Waals surface area contributed by atoms with E-state index in [1.165, 1.54) is 0 Å². The molecule has 0 aliphatic heterocycles. The van der Waals surface area contributed by atoms with Crippen molar-refractivity contribution >= 4 is 11.6 Å². The quantitative estimate of drug-likeness (QED) is 0.617. The van der Waals surface area contributed by atoms with Gasteiger partial charge in [-0.3, -0.25) is 9.59 Å². The van der Waals surface area contributed by atoms with Crippen molar-refractivity contribution < 1.29 is 9.59 Å². The first kappa shape index (κ1) is 18.6. The molecule has 134 valence electrons. The zero-order valence-electron chi connectivity index (χ0n) is 15.8. The average Bonchev–Trinajstić information content (AvgIpc) is 2.90. The van der Waals surface area contributed by atoms with Crippen LogP contribution in [0.2, 0.25) is 0 Å². The van der Waals surface area contributed by atoms with Crippen molar-refractivity contribution in [2.45, 2.75) is 39.5 Å². The normalized spacial score (nSPS) is 18.7. The minimum Gasteiger partial charge on any atom is -0.298 e. The number of aryl methyl sites for hydroxylation is 2. The van der Waals surface area contributed by atoms with Crippen LogP contribution in [-0.2, 0) is 16.0 Å². The molecule has 0 heterocycles. The van der Waals surface area contributed by atoms with Crippen LogP contribution in [0.1, 0.15) is 52.6 Å². The molecule has 0 bridgehead atoms. The molecule has 0 aromatic heterocycles. The van der Waals surface area contributed by atoms with Gasteiger partial charge < -0.3 is 0 Å². The smallest absolute Gasteiger partial charge is 0.151 e. The number of hydrogen-bond acceptors (Lipinski definition) is 3. The molecule has 0 N–H and O–H groups in total. The molecule has 1 saturated carbocycles. The number of rotatable bonds is 3. The van der Waals surface area contributed by atoms with Crippen LogP contribution >= 0.6 is 0 Å². The number of nitriles is 1. The molecular formula is C24H21NO2. The first-order valence-electron chi connectivity index (χ1n) is 9.04. The number of carbonyl (C=O) groups is 2. The van der Waals surface area contributed by atoms with E-state index < -0.39 is 5.92 Å². The Labute approximate surface area is 160 Å². The molecule has 0 amide bonds. The SMILES string of the molecule is CC#Cc1cc(C)c(C2C(=O)CC(Cc3ccccc3C#N)C2=O)c(C)c1. The van der Waals surface area contributed by atoms with Crippen molar-refractivity contribution in [1.29, 1.82) is 5.26 Å². The summed E-state index contributed by atoms with van der Waals surface area (Å²) in [5, 5.41) is 9.27. The molecule has 3 rings (SSSR count). The highest BCUT2D eigenvalue weighted by molar-refractivity contribution is 6.15. The Balaban J connectivity index is 1.93. The summed E-state index contributed by atoms with van der Waals surface area (Å²) in [6.45, 7) is 5.65. The van der Waals surface area contributed by atoms with Crippen LogP contribution in [0.3, 0.4) is 0 Å². The molecule has 0 spiro atoms. The van der Waals surface area contributed by atoms with Crippen molar-refractivity contribution in [3.63, 3.8) is 0 Å². The van der Waals surface area contributed by atoms with E-state index in [1.807, 2.05) is 38.1 Å². The molecule has 1 aliphatic carbocycles. The standard InChI is InChI=1S/C24H21NO2/c1-4-7-17-10-15(2)22(16(3)11-17)23-21(26)13-20(24(23)27)12-18-8-5-6-9-19(18)14-25/h5-6,8-11,20,23H,12-13H2,1-3H3. The van der Waals surface area contributed by atoms with Gasteiger partial charge in [0.25, 0.3) is 0 Å². The van der Waals surface area contributed by atoms with Crippen LogP contribution < -0.4 is 0 Å². The van der Waals surface area contributed by atoms with E-state index in [1.54, 1.807) is 19.1 Å².